The SMILES string of the molecule is C=CC(=O)OCC(O)COC(=O)CCCCCC/C=C/CCC(C=C)CCCCCC(=O)OCC(O)COC(=O)C=C. The molecule has 0 bridgehead atoms. The van der Waals surface area contributed by atoms with Crippen molar-refractivity contribution in [3.8, 4) is 0 Å². The zero-order valence-electron chi connectivity index (χ0n) is 24.9. The lowest BCUT2D eigenvalue weighted by atomic mass is 9.96. The number of ether oxygens (including phenoxy) is 4. The standard InChI is InChI=1S/C32H50O10/c1-4-26(19-15-13-17-21-32(38)42-25-28(34)23-40-30(36)6-3)18-14-11-9-7-8-10-12-16-20-31(37)41-24-27(33)22-39-29(35)5-2/h4-6,9,11,26-28,33-34H,1-3,7-8,10,12-25H2/b11-9+. The van der Waals surface area contributed by atoms with Gasteiger partial charge in [-0.25, -0.2) is 9.59 Å². The Balaban J connectivity index is 3.70. The van der Waals surface area contributed by atoms with Crippen molar-refractivity contribution in [2.24, 2.45) is 5.92 Å². The average molecular weight is 595 g/mol. The number of carbonyl (C=O) groups is 4. The molecule has 3 atom stereocenters. The second-order valence-corrected chi connectivity index (χ2v) is 9.94. The van der Waals surface area contributed by atoms with Gasteiger partial charge in [-0.1, -0.05) is 57.1 Å². The molecule has 3 unspecified atom stereocenters. The molecule has 0 saturated heterocycles. The van der Waals surface area contributed by atoms with Crippen LogP contribution in [0, 0.1) is 5.92 Å². The molecule has 0 amide bonds. The number of hydrogen-bond donors (Lipinski definition) is 2. The summed E-state index contributed by atoms with van der Waals surface area (Å²) in [7, 11) is 0. The van der Waals surface area contributed by atoms with Crippen LogP contribution in [0.1, 0.15) is 83.5 Å². The van der Waals surface area contributed by atoms with Gasteiger partial charge in [0.15, 0.2) is 0 Å². The third-order valence-electron chi connectivity index (χ3n) is 6.20. The Labute approximate surface area is 250 Å². The second kappa shape index (κ2) is 26.6. The summed E-state index contributed by atoms with van der Waals surface area (Å²) in [5, 5.41) is 19.3. The van der Waals surface area contributed by atoms with E-state index in [-0.39, 0.29) is 44.8 Å². The molecule has 42 heavy (non-hydrogen) atoms. The van der Waals surface area contributed by atoms with Crippen molar-refractivity contribution in [3.63, 3.8) is 0 Å². The van der Waals surface area contributed by atoms with Gasteiger partial charge in [-0.2, -0.15) is 0 Å². The summed E-state index contributed by atoms with van der Waals surface area (Å²) in [5.74, 6) is -1.60. The molecule has 0 aromatic heterocycles. The summed E-state index contributed by atoms with van der Waals surface area (Å²) < 4.78 is 19.4. The highest BCUT2D eigenvalue weighted by atomic mass is 16.6. The maximum absolute atomic E-state index is 11.8. The minimum Gasteiger partial charge on any atom is -0.463 e. The Bertz CT molecular complexity index is 835. The quantitative estimate of drug-likeness (QED) is 0.0452. The predicted molar refractivity (Wildman–Crippen MR) is 159 cm³/mol. The van der Waals surface area contributed by atoms with E-state index < -0.39 is 24.1 Å². The molecule has 0 aliphatic rings. The molecule has 2 N–H and O–H groups in total. The minimum atomic E-state index is -1.05. The van der Waals surface area contributed by atoms with Crippen LogP contribution in [0.4, 0.5) is 0 Å². The highest BCUT2D eigenvalue weighted by Crippen LogP contribution is 2.18. The third kappa shape index (κ3) is 24.5. The number of allylic oxidation sites excluding steroid dienone is 3. The Morgan fingerprint density at radius 2 is 1.02 bits per heavy atom. The molecule has 0 saturated carbocycles. The minimum absolute atomic E-state index is 0.204. The van der Waals surface area contributed by atoms with Crippen LogP contribution in [0.15, 0.2) is 50.1 Å². The molecular weight excluding hydrogens is 544 g/mol. The zero-order valence-corrected chi connectivity index (χ0v) is 24.9. The average Bonchev–Trinajstić information content (AvgIpc) is 2.99. The zero-order chi connectivity index (χ0) is 31.4. The fraction of sp³-hybridized carbons (Fsp3) is 0.625. The monoisotopic (exact) mass is 594 g/mol. The summed E-state index contributed by atoms with van der Waals surface area (Å²) in [5.41, 5.74) is 0. The van der Waals surface area contributed by atoms with Crippen LogP contribution in [0.3, 0.4) is 0 Å². The summed E-state index contributed by atoms with van der Waals surface area (Å²) in [6, 6.07) is 0. The number of rotatable bonds is 27. The largest absolute Gasteiger partial charge is 0.463 e. The van der Waals surface area contributed by atoms with E-state index in [1.54, 1.807) is 0 Å². The van der Waals surface area contributed by atoms with Gasteiger partial charge in [-0.3, -0.25) is 9.59 Å². The summed E-state index contributed by atoms with van der Waals surface area (Å²) >= 11 is 0. The topological polar surface area (TPSA) is 146 Å². The molecule has 0 fully saturated rings. The number of hydrogen-bond acceptors (Lipinski definition) is 10. The van der Waals surface area contributed by atoms with Crippen LogP contribution < -0.4 is 0 Å². The van der Waals surface area contributed by atoms with Crippen molar-refractivity contribution in [3.05, 3.63) is 50.1 Å². The first-order chi connectivity index (χ1) is 20.2. The van der Waals surface area contributed by atoms with Gasteiger partial charge in [0.25, 0.3) is 0 Å². The van der Waals surface area contributed by atoms with Crippen LogP contribution >= 0.6 is 0 Å². The van der Waals surface area contributed by atoms with E-state index >= 15 is 0 Å². The first-order valence-corrected chi connectivity index (χ1v) is 14.7. The molecule has 0 rings (SSSR count). The normalized spacial score (nSPS) is 13.0. The van der Waals surface area contributed by atoms with Gasteiger partial charge in [-0.05, 0) is 50.9 Å². The lowest BCUT2D eigenvalue weighted by molar-refractivity contribution is -0.151. The van der Waals surface area contributed by atoms with Gasteiger partial charge < -0.3 is 29.2 Å². The molecule has 10 nitrogen and oxygen atoms in total. The molecule has 0 heterocycles. The van der Waals surface area contributed by atoms with Crippen molar-refractivity contribution < 1.29 is 48.3 Å². The van der Waals surface area contributed by atoms with E-state index in [1.807, 2.05) is 6.08 Å². The van der Waals surface area contributed by atoms with E-state index in [0.29, 0.717) is 18.8 Å². The summed E-state index contributed by atoms with van der Waals surface area (Å²) in [6.45, 7) is 9.56. The lowest BCUT2D eigenvalue weighted by Gasteiger charge is -2.12. The summed E-state index contributed by atoms with van der Waals surface area (Å²) in [6.07, 6.45) is 17.2. The Morgan fingerprint density at radius 3 is 1.52 bits per heavy atom. The van der Waals surface area contributed by atoms with E-state index in [1.165, 1.54) is 0 Å². The maximum atomic E-state index is 11.8. The van der Waals surface area contributed by atoms with Crippen molar-refractivity contribution in [2.45, 2.75) is 95.7 Å². The highest BCUT2D eigenvalue weighted by Gasteiger charge is 2.12. The van der Waals surface area contributed by atoms with Crippen molar-refractivity contribution >= 4 is 23.9 Å². The molecule has 0 radical (unpaired) electrons. The van der Waals surface area contributed by atoms with Crippen molar-refractivity contribution in [2.75, 3.05) is 26.4 Å². The number of aliphatic hydroxyl groups is 2. The van der Waals surface area contributed by atoms with Crippen molar-refractivity contribution in [1.82, 2.24) is 0 Å². The molecule has 10 heteroatoms. The number of aliphatic hydroxyl groups excluding tert-OH is 2. The lowest BCUT2D eigenvalue weighted by Crippen LogP contribution is -2.24. The Kier molecular flexibility index (Phi) is 24.6. The maximum Gasteiger partial charge on any atom is 0.330 e. The Morgan fingerprint density at radius 1 is 0.571 bits per heavy atom. The number of esters is 4. The summed E-state index contributed by atoms with van der Waals surface area (Å²) in [4.78, 5) is 45.4. The van der Waals surface area contributed by atoms with Crippen LogP contribution in [-0.4, -0.2) is 72.7 Å². The van der Waals surface area contributed by atoms with E-state index in [0.717, 1.165) is 76.4 Å². The molecular formula is C32H50O10. The fourth-order valence-corrected chi connectivity index (χ4v) is 3.76. The predicted octanol–water partition coefficient (Wildman–Crippen LogP) is 4.68. The van der Waals surface area contributed by atoms with Crippen LogP contribution in [0.5, 0.6) is 0 Å². The Hall–Kier alpha value is -3.24. The van der Waals surface area contributed by atoms with Crippen molar-refractivity contribution in [1.29, 1.82) is 0 Å². The van der Waals surface area contributed by atoms with Gasteiger partial charge >= 0.3 is 23.9 Å². The molecule has 0 aliphatic carbocycles. The first kappa shape index (κ1) is 38.8. The van der Waals surface area contributed by atoms with Gasteiger partial charge in [0, 0.05) is 25.0 Å². The van der Waals surface area contributed by atoms with Gasteiger partial charge in [0.05, 0.1) is 0 Å². The number of carbonyl (C=O) groups excluding carboxylic acids is 4. The van der Waals surface area contributed by atoms with Crippen LogP contribution in [-0.2, 0) is 38.1 Å². The fourth-order valence-electron chi connectivity index (χ4n) is 3.76. The van der Waals surface area contributed by atoms with Crippen LogP contribution in [0.2, 0.25) is 0 Å². The van der Waals surface area contributed by atoms with Crippen LogP contribution in [0.25, 0.3) is 0 Å². The molecule has 0 aliphatic heterocycles. The highest BCUT2D eigenvalue weighted by molar-refractivity contribution is 5.81. The van der Waals surface area contributed by atoms with Gasteiger partial charge in [0.2, 0.25) is 0 Å². The molecule has 0 aromatic rings. The second-order valence-electron chi connectivity index (χ2n) is 9.94. The smallest absolute Gasteiger partial charge is 0.330 e. The number of unbranched alkanes of at least 4 members (excludes halogenated alkanes) is 6. The first-order valence-electron chi connectivity index (χ1n) is 14.7. The van der Waals surface area contributed by atoms with Gasteiger partial charge in [-0.15, -0.1) is 6.58 Å². The molecule has 238 valence electrons. The third-order valence-corrected chi connectivity index (χ3v) is 6.20. The molecule has 0 aromatic carbocycles. The van der Waals surface area contributed by atoms with Gasteiger partial charge in [0.1, 0.15) is 38.6 Å². The van der Waals surface area contributed by atoms with E-state index in [4.69, 9.17) is 9.47 Å². The van der Waals surface area contributed by atoms with E-state index in [2.05, 4.69) is 41.4 Å². The molecule has 0 spiro atoms. The van der Waals surface area contributed by atoms with E-state index in [9.17, 15) is 29.4 Å².